The number of nitrogens with one attached hydrogen (secondary N) is 3. The van der Waals surface area contributed by atoms with E-state index >= 15 is 0 Å². The van der Waals surface area contributed by atoms with Crippen molar-refractivity contribution < 1.29 is 0 Å². The van der Waals surface area contributed by atoms with E-state index in [4.69, 9.17) is 0 Å². The molecule has 1 aromatic carbocycles. The lowest BCUT2D eigenvalue weighted by Crippen LogP contribution is -2.49. The smallest absolute Gasteiger partial charge is 0.191 e. The maximum absolute atomic E-state index is 4.42. The van der Waals surface area contributed by atoms with E-state index in [0.717, 1.165) is 44.9 Å². The number of rotatable bonds is 5. The Morgan fingerprint density at radius 3 is 2.86 bits per heavy atom. The lowest BCUT2D eigenvalue weighted by molar-refractivity contribution is 0.463. The second kappa shape index (κ2) is 8.69. The molecule has 148 valence electrons. The van der Waals surface area contributed by atoms with Gasteiger partial charge in [-0.05, 0) is 54.8 Å². The maximum Gasteiger partial charge on any atom is 0.191 e. The molecule has 5 nitrogen and oxygen atoms in total. The van der Waals surface area contributed by atoms with Gasteiger partial charge in [0.1, 0.15) is 0 Å². The number of anilines is 1. The number of para-hydroxylation sites is 1. The number of aliphatic imine (C=N–C) groups is 1. The average Bonchev–Trinajstić information content (AvgIpc) is 3.39. The van der Waals surface area contributed by atoms with E-state index in [1.807, 2.05) is 18.4 Å². The molecule has 1 aliphatic heterocycles. The molecule has 0 saturated carbocycles. The van der Waals surface area contributed by atoms with Crippen LogP contribution in [0.15, 0.2) is 46.9 Å². The highest BCUT2D eigenvalue weighted by molar-refractivity contribution is 7.14. The van der Waals surface area contributed by atoms with Crippen molar-refractivity contribution in [2.24, 2.45) is 4.99 Å². The average molecular weight is 396 g/mol. The Balaban J connectivity index is 1.26. The largest absolute Gasteiger partial charge is 0.363 e. The molecular weight excluding hydrogens is 366 g/mol. The number of piperidine rings is 1. The van der Waals surface area contributed by atoms with Crippen LogP contribution in [0.3, 0.4) is 0 Å². The second-order valence-corrected chi connectivity index (χ2v) is 8.34. The number of benzene rings is 1. The van der Waals surface area contributed by atoms with Gasteiger partial charge < -0.3 is 20.5 Å². The Labute approximate surface area is 170 Å². The van der Waals surface area contributed by atoms with Gasteiger partial charge in [-0.2, -0.15) is 0 Å². The topological polar surface area (TPSA) is 55.5 Å². The summed E-state index contributed by atoms with van der Waals surface area (Å²) in [7, 11) is 1.85. The first-order valence-electron chi connectivity index (χ1n) is 10.1. The van der Waals surface area contributed by atoms with Crippen LogP contribution in [0.2, 0.25) is 0 Å². The van der Waals surface area contributed by atoms with Gasteiger partial charge in [0.05, 0.1) is 5.00 Å². The zero-order valence-corrected chi connectivity index (χ0v) is 17.5. The van der Waals surface area contributed by atoms with Crippen molar-refractivity contribution in [3.63, 3.8) is 0 Å². The highest BCUT2D eigenvalue weighted by Crippen LogP contribution is 2.25. The molecule has 3 N–H and O–H groups in total. The fraction of sp³-hybridized carbons (Fsp3) is 0.409. The third kappa shape index (κ3) is 4.17. The molecule has 0 atom stereocenters. The summed E-state index contributed by atoms with van der Waals surface area (Å²) in [6.45, 7) is 5.22. The minimum atomic E-state index is 0.484. The summed E-state index contributed by atoms with van der Waals surface area (Å²) < 4.78 is 0. The molecule has 0 radical (unpaired) electrons. The highest BCUT2D eigenvalue weighted by Gasteiger charge is 2.20. The predicted molar refractivity (Wildman–Crippen MR) is 121 cm³/mol. The van der Waals surface area contributed by atoms with Crippen LogP contribution in [0.4, 0.5) is 5.00 Å². The number of aromatic amines is 1. The molecule has 1 fully saturated rings. The first-order chi connectivity index (χ1) is 13.7. The molecule has 3 heterocycles. The third-order valence-corrected chi connectivity index (χ3v) is 6.50. The SMILES string of the molecule is CN=C(NCCc1c[nH]c2c(C)cccc12)NC1CCN(c2cccs2)CC1. The van der Waals surface area contributed by atoms with Crippen LogP contribution in [-0.2, 0) is 6.42 Å². The van der Waals surface area contributed by atoms with Gasteiger partial charge in [-0.25, -0.2) is 0 Å². The van der Waals surface area contributed by atoms with Crippen molar-refractivity contribution >= 4 is 33.2 Å². The number of hydrogen-bond donors (Lipinski definition) is 3. The molecule has 2 aromatic heterocycles. The number of aromatic nitrogens is 1. The monoisotopic (exact) mass is 395 g/mol. The van der Waals surface area contributed by atoms with Crippen LogP contribution >= 0.6 is 11.3 Å². The van der Waals surface area contributed by atoms with E-state index in [1.165, 1.54) is 27.0 Å². The summed E-state index contributed by atoms with van der Waals surface area (Å²) in [5.41, 5.74) is 3.89. The molecule has 0 spiro atoms. The van der Waals surface area contributed by atoms with E-state index in [9.17, 15) is 0 Å². The summed E-state index contributed by atoms with van der Waals surface area (Å²) in [5.74, 6) is 0.908. The number of H-pyrrole nitrogens is 1. The number of aryl methyl sites for hydroxylation is 1. The van der Waals surface area contributed by atoms with Gasteiger partial charge in [-0.15, -0.1) is 11.3 Å². The fourth-order valence-corrected chi connectivity index (χ4v) is 4.75. The van der Waals surface area contributed by atoms with Gasteiger partial charge in [-0.1, -0.05) is 18.2 Å². The Morgan fingerprint density at radius 1 is 1.25 bits per heavy atom. The summed E-state index contributed by atoms with van der Waals surface area (Å²) in [5, 5.41) is 12.0. The van der Waals surface area contributed by atoms with Gasteiger partial charge in [0.15, 0.2) is 5.96 Å². The standard InChI is InChI=1S/C22H29N5S/c1-16-5-3-6-19-17(15-25-21(16)19)8-11-24-22(23-2)26-18-9-12-27(13-10-18)20-7-4-14-28-20/h3-7,14-15,18,25H,8-13H2,1-2H3,(H2,23,24,26). The van der Waals surface area contributed by atoms with Gasteiger partial charge in [0, 0.05) is 49.8 Å². The molecule has 0 unspecified atom stereocenters. The highest BCUT2D eigenvalue weighted by atomic mass is 32.1. The van der Waals surface area contributed by atoms with Crippen molar-refractivity contribution in [1.29, 1.82) is 0 Å². The second-order valence-electron chi connectivity index (χ2n) is 7.42. The van der Waals surface area contributed by atoms with Gasteiger partial charge in [-0.3, -0.25) is 4.99 Å². The van der Waals surface area contributed by atoms with E-state index < -0.39 is 0 Å². The molecule has 6 heteroatoms. The normalized spacial score (nSPS) is 15.9. The van der Waals surface area contributed by atoms with Gasteiger partial charge >= 0.3 is 0 Å². The Morgan fingerprint density at radius 2 is 2.11 bits per heavy atom. The summed E-state index contributed by atoms with van der Waals surface area (Å²) in [6, 6.07) is 11.3. The van der Waals surface area contributed by atoms with Gasteiger partial charge in [0.2, 0.25) is 0 Å². The number of nitrogens with zero attached hydrogens (tertiary/aromatic N) is 2. The third-order valence-electron chi connectivity index (χ3n) is 5.57. The minimum absolute atomic E-state index is 0.484. The molecule has 28 heavy (non-hydrogen) atoms. The Kier molecular flexibility index (Phi) is 5.86. The van der Waals surface area contributed by atoms with Crippen LogP contribution < -0.4 is 15.5 Å². The Bertz CT molecular complexity index is 920. The molecular formula is C22H29N5S. The number of guanidine groups is 1. The number of thiophene rings is 1. The quantitative estimate of drug-likeness (QED) is 0.453. The molecule has 1 saturated heterocycles. The molecule has 4 rings (SSSR count). The molecule has 0 amide bonds. The fourth-order valence-electron chi connectivity index (χ4n) is 3.97. The predicted octanol–water partition coefficient (Wildman–Crippen LogP) is 3.91. The van der Waals surface area contributed by atoms with Crippen molar-refractivity contribution in [2.45, 2.75) is 32.2 Å². The summed E-state index contributed by atoms with van der Waals surface area (Å²) in [6.07, 6.45) is 5.39. The van der Waals surface area contributed by atoms with Crippen LogP contribution in [0, 0.1) is 6.92 Å². The lowest BCUT2D eigenvalue weighted by atomic mass is 10.1. The first kappa shape index (κ1) is 18.9. The molecule has 1 aliphatic rings. The van der Waals surface area contributed by atoms with E-state index in [-0.39, 0.29) is 0 Å². The molecule has 0 bridgehead atoms. The summed E-state index contributed by atoms with van der Waals surface area (Å²) in [4.78, 5) is 10.3. The number of hydrogen-bond acceptors (Lipinski definition) is 3. The van der Waals surface area contributed by atoms with E-state index in [0.29, 0.717) is 6.04 Å². The van der Waals surface area contributed by atoms with E-state index in [2.05, 4.69) is 74.3 Å². The van der Waals surface area contributed by atoms with Crippen LogP contribution in [-0.4, -0.2) is 43.7 Å². The van der Waals surface area contributed by atoms with Crippen LogP contribution in [0.1, 0.15) is 24.0 Å². The van der Waals surface area contributed by atoms with Crippen molar-refractivity contribution in [3.05, 3.63) is 53.0 Å². The molecule has 3 aromatic rings. The Hall–Kier alpha value is -2.47. The number of fused-ring (bicyclic) bond motifs is 1. The van der Waals surface area contributed by atoms with Crippen molar-refractivity contribution in [1.82, 2.24) is 15.6 Å². The zero-order valence-electron chi connectivity index (χ0n) is 16.7. The van der Waals surface area contributed by atoms with Crippen molar-refractivity contribution in [3.8, 4) is 0 Å². The maximum atomic E-state index is 4.42. The minimum Gasteiger partial charge on any atom is -0.363 e. The summed E-state index contributed by atoms with van der Waals surface area (Å²) >= 11 is 1.83. The van der Waals surface area contributed by atoms with Crippen LogP contribution in [0.25, 0.3) is 10.9 Å². The molecule has 0 aliphatic carbocycles. The zero-order chi connectivity index (χ0) is 19.3. The lowest BCUT2D eigenvalue weighted by Gasteiger charge is -2.33. The van der Waals surface area contributed by atoms with Gasteiger partial charge in [0.25, 0.3) is 0 Å². The van der Waals surface area contributed by atoms with Crippen molar-refractivity contribution in [2.75, 3.05) is 31.6 Å². The first-order valence-corrected chi connectivity index (χ1v) is 10.9. The van der Waals surface area contributed by atoms with Crippen LogP contribution in [0.5, 0.6) is 0 Å². The van der Waals surface area contributed by atoms with E-state index in [1.54, 1.807) is 0 Å².